The summed E-state index contributed by atoms with van der Waals surface area (Å²) in [5.41, 5.74) is 5.53. The van der Waals surface area contributed by atoms with Crippen LogP contribution in [0, 0.1) is 5.82 Å². The molecule has 1 rings (SSSR count). The van der Waals surface area contributed by atoms with Gasteiger partial charge in [-0.25, -0.2) is 9.18 Å². The normalized spacial score (nSPS) is 11.3. The molecule has 0 unspecified atom stereocenters. The van der Waals surface area contributed by atoms with E-state index in [2.05, 4.69) is 21.0 Å². The van der Waals surface area contributed by atoms with Crippen LogP contribution in [0.4, 0.5) is 9.18 Å². The second kappa shape index (κ2) is 4.93. The first-order chi connectivity index (χ1) is 7.41. The Hall–Kier alpha value is -1.63. The fourth-order valence-electron chi connectivity index (χ4n) is 0.955. The lowest BCUT2D eigenvalue weighted by molar-refractivity contribution is 0.157. The number of rotatable bonds is 2. The molecule has 1 aromatic rings. The lowest BCUT2D eigenvalue weighted by Crippen LogP contribution is -2.25. The molecule has 0 fully saturated rings. The quantitative estimate of drug-likeness (QED) is 0.495. The van der Waals surface area contributed by atoms with Gasteiger partial charge in [-0.1, -0.05) is 15.9 Å². The molecule has 3 N–H and O–H groups in total. The third-order valence-corrected chi connectivity index (χ3v) is 2.23. The maximum absolute atomic E-state index is 13.4. The highest BCUT2D eigenvalue weighted by Crippen LogP contribution is 2.15. The van der Waals surface area contributed by atoms with Crippen molar-refractivity contribution >= 4 is 27.9 Å². The van der Waals surface area contributed by atoms with Crippen molar-refractivity contribution in [3.8, 4) is 0 Å². The van der Waals surface area contributed by atoms with Crippen LogP contribution in [0.1, 0.15) is 5.56 Å². The van der Waals surface area contributed by atoms with Crippen LogP contribution in [0.5, 0.6) is 0 Å². The minimum absolute atomic E-state index is 0.0521. The molecule has 0 saturated heterocycles. The van der Waals surface area contributed by atoms with E-state index in [4.69, 9.17) is 10.8 Å². The third kappa shape index (κ3) is 2.93. The lowest BCUT2D eigenvalue weighted by atomic mass is 10.2. The van der Waals surface area contributed by atoms with Gasteiger partial charge in [0, 0.05) is 11.5 Å². The van der Waals surface area contributed by atoms with E-state index in [0.29, 0.717) is 9.48 Å². The van der Waals surface area contributed by atoms with Gasteiger partial charge in [-0.3, -0.25) is 0 Å². The van der Waals surface area contributed by atoms with Crippen LogP contribution in [0.15, 0.2) is 27.8 Å². The Morgan fingerprint density at radius 1 is 1.62 bits per heavy atom. The fourth-order valence-corrected chi connectivity index (χ4v) is 1.29. The van der Waals surface area contributed by atoms with E-state index in [0.717, 1.165) is 0 Å². The van der Waals surface area contributed by atoms with Crippen molar-refractivity contribution in [1.82, 2.24) is 5.01 Å². The molecule has 16 heavy (non-hydrogen) atoms. The smallest absolute Gasteiger partial charge is 0.427 e. The highest BCUT2D eigenvalue weighted by atomic mass is 79.9. The van der Waals surface area contributed by atoms with Crippen molar-refractivity contribution in [2.24, 2.45) is 10.8 Å². The molecule has 0 radical (unpaired) electrons. The van der Waals surface area contributed by atoms with Crippen LogP contribution in [0.2, 0.25) is 0 Å². The van der Waals surface area contributed by atoms with Gasteiger partial charge in [0.2, 0.25) is 0 Å². The van der Waals surface area contributed by atoms with E-state index in [-0.39, 0.29) is 11.4 Å². The topological polar surface area (TPSA) is 78.9 Å². The van der Waals surface area contributed by atoms with Crippen molar-refractivity contribution in [3.63, 3.8) is 0 Å². The van der Waals surface area contributed by atoms with E-state index in [1.165, 1.54) is 19.2 Å². The maximum Gasteiger partial charge on any atom is 0.427 e. The van der Waals surface area contributed by atoms with Gasteiger partial charge in [-0.15, -0.1) is 5.10 Å². The van der Waals surface area contributed by atoms with Crippen molar-refractivity contribution in [1.29, 1.82) is 0 Å². The minimum Gasteiger partial charge on any atom is -0.464 e. The highest BCUT2D eigenvalue weighted by molar-refractivity contribution is 9.10. The molecule has 0 aliphatic heterocycles. The molecule has 1 aromatic carbocycles. The summed E-state index contributed by atoms with van der Waals surface area (Å²) in [6.45, 7) is 0. The molecule has 86 valence electrons. The van der Waals surface area contributed by atoms with Gasteiger partial charge >= 0.3 is 6.09 Å². The van der Waals surface area contributed by atoms with Gasteiger partial charge in [0.05, 0.1) is 5.56 Å². The predicted octanol–water partition coefficient (Wildman–Crippen LogP) is 1.82. The molecule has 0 saturated carbocycles. The number of carbonyl (C=O) groups is 1. The molecular weight excluding hydrogens is 281 g/mol. The standard InChI is InChI=1S/C9H9BrFN3O2/c1-14(9(15)16)13-8(12)6-3-2-5(10)4-7(6)11/h2-4H,1H3,(H2,12,13)(H,15,16). The van der Waals surface area contributed by atoms with E-state index in [1.807, 2.05) is 0 Å². The summed E-state index contributed by atoms with van der Waals surface area (Å²) in [6.07, 6.45) is -1.28. The van der Waals surface area contributed by atoms with Gasteiger partial charge in [0.25, 0.3) is 0 Å². The van der Waals surface area contributed by atoms with E-state index < -0.39 is 11.9 Å². The van der Waals surface area contributed by atoms with Crippen LogP contribution in [-0.2, 0) is 0 Å². The number of amidine groups is 1. The molecule has 0 bridgehead atoms. The van der Waals surface area contributed by atoms with Crippen LogP contribution in [0.25, 0.3) is 0 Å². The molecule has 7 heteroatoms. The Balaban J connectivity index is 3.05. The number of nitrogens with two attached hydrogens (primary N) is 1. The van der Waals surface area contributed by atoms with E-state index in [1.54, 1.807) is 6.07 Å². The van der Waals surface area contributed by atoms with Gasteiger partial charge in [0.1, 0.15) is 5.82 Å². The average molecular weight is 290 g/mol. The van der Waals surface area contributed by atoms with Gasteiger partial charge in [0.15, 0.2) is 5.84 Å². The number of hydrogen-bond donors (Lipinski definition) is 2. The first-order valence-corrected chi connectivity index (χ1v) is 4.97. The zero-order valence-electron chi connectivity index (χ0n) is 8.32. The first-order valence-electron chi connectivity index (χ1n) is 4.18. The molecule has 5 nitrogen and oxygen atoms in total. The van der Waals surface area contributed by atoms with Crippen molar-refractivity contribution < 1.29 is 14.3 Å². The Kier molecular flexibility index (Phi) is 3.83. The predicted molar refractivity (Wildman–Crippen MR) is 60.6 cm³/mol. The summed E-state index contributed by atoms with van der Waals surface area (Å²) in [6, 6.07) is 4.22. The van der Waals surface area contributed by atoms with Gasteiger partial charge in [-0.05, 0) is 18.2 Å². The Morgan fingerprint density at radius 2 is 2.25 bits per heavy atom. The van der Waals surface area contributed by atoms with Crippen molar-refractivity contribution in [3.05, 3.63) is 34.1 Å². The zero-order valence-corrected chi connectivity index (χ0v) is 9.90. The average Bonchev–Trinajstić information content (AvgIpc) is 2.16. The number of nitrogens with zero attached hydrogens (tertiary/aromatic N) is 2. The minimum atomic E-state index is -1.28. The highest BCUT2D eigenvalue weighted by Gasteiger charge is 2.10. The summed E-state index contributed by atoms with van der Waals surface area (Å²) >= 11 is 3.09. The van der Waals surface area contributed by atoms with Gasteiger partial charge < -0.3 is 10.8 Å². The Morgan fingerprint density at radius 3 is 2.75 bits per heavy atom. The number of amides is 1. The summed E-state index contributed by atoms with van der Waals surface area (Å²) in [5, 5.41) is 12.7. The summed E-state index contributed by atoms with van der Waals surface area (Å²) in [7, 11) is 1.20. The van der Waals surface area contributed by atoms with Crippen molar-refractivity contribution in [2.45, 2.75) is 0 Å². The van der Waals surface area contributed by atoms with Crippen LogP contribution in [-0.4, -0.2) is 29.1 Å². The molecular formula is C9H9BrFN3O2. The number of benzene rings is 1. The second-order valence-corrected chi connectivity index (χ2v) is 3.83. The molecule has 0 atom stereocenters. The molecule has 0 heterocycles. The summed E-state index contributed by atoms with van der Waals surface area (Å²) < 4.78 is 14.0. The second-order valence-electron chi connectivity index (χ2n) is 2.92. The summed E-state index contributed by atoms with van der Waals surface area (Å²) in [4.78, 5) is 10.5. The molecule has 0 aliphatic rings. The molecule has 0 aliphatic carbocycles. The summed E-state index contributed by atoms with van der Waals surface area (Å²) in [5.74, 6) is -0.774. The van der Waals surface area contributed by atoms with Gasteiger partial charge in [-0.2, -0.15) is 5.01 Å². The van der Waals surface area contributed by atoms with E-state index in [9.17, 15) is 9.18 Å². The maximum atomic E-state index is 13.4. The van der Waals surface area contributed by atoms with Crippen LogP contribution >= 0.6 is 15.9 Å². The zero-order chi connectivity index (χ0) is 12.3. The SMILES string of the molecule is CN(N=C(N)c1ccc(Br)cc1F)C(=O)O. The number of carboxylic acid groups (broad SMARTS) is 1. The fraction of sp³-hybridized carbons (Fsp3) is 0.111. The third-order valence-electron chi connectivity index (χ3n) is 1.74. The number of hydrogen-bond acceptors (Lipinski definition) is 2. The lowest BCUT2D eigenvalue weighted by Gasteiger charge is -2.08. The van der Waals surface area contributed by atoms with Crippen LogP contribution < -0.4 is 5.73 Å². The molecule has 0 aromatic heterocycles. The Bertz CT molecular complexity index is 450. The largest absolute Gasteiger partial charge is 0.464 e. The number of halogens is 2. The molecule has 1 amide bonds. The number of hydrazone groups is 1. The van der Waals surface area contributed by atoms with Crippen molar-refractivity contribution in [2.75, 3.05) is 7.05 Å². The first kappa shape index (κ1) is 12.4. The van der Waals surface area contributed by atoms with Crippen LogP contribution in [0.3, 0.4) is 0 Å². The monoisotopic (exact) mass is 289 g/mol. The Labute approximate surface area is 99.5 Å². The van der Waals surface area contributed by atoms with E-state index >= 15 is 0 Å². The molecule has 0 spiro atoms.